The molecule has 0 saturated carbocycles. The Labute approximate surface area is 127 Å². The van der Waals surface area contributed by atoms with E-state index in [4.69, 9.17) is 9.47 Å². The average Bonchev–Trinajstić information content (AvgIpc) is 2.42. The maximum atomic E-state index is 5.62. The molecule has 1 heterocycles. The van der Waals surface area contributed by atoms with Gasteiger partial charge in [0, 0.05) is 16.7 Å². The van der Waals surface area contributed by atoms with Crippen molar-refractivity contribution < 1.29 is 9.47 Å². The zero-order chi connectivity index (χ0) is 14.4. The molecular weight excluding hydrogens is 320 g/mol. The maximum absolute atomic E-state index is 5.62. The molecule has 0 aliphatic carbocycles. The van der Waals surface area contributed by atoms with Crippen LogP contribution in [0.1, 0.15) is 13.8 Å². The van der Waals surface area contributed by atoms with E-state index in [1.165, 1.54) is 0 Å². The van der Waals surface area contributed by atoms with Crippen molar-refractivity contribution in [1.29, 1.82) is 0 Å². The molecule has 20 heavy (non-hydrogen) atoms. The van der Waals surface area contributed by atoms with E-state index in [0.717, 1.165) is 27.3 Å². The molecule has 0 fully saturated rings. The molecule has 0 aliphatic rings. The Bertz CT molecular complexity index is 576. The summed E-state index contributed by atoms with van der Waals surface area (Å²) in [5.74, 6) is 1.59. The number of benzene rings is 1. The second-order valence-electron chi connectivity index (χ2n) is 4.04. The second kappa shape index (κ2) is 7.14. The van der Waals surface area contributed by atoms with Crippen molar-refractivity contribution in [3.8, 4) is 11.5 Å². The summed E-state index contributed by atoms with van der Waals surface area (Å²) in [6.07, 6.45) is 3.50. The number of hydrogen-bond acceptors (Lipinski definition) is 4. The third-order valence-electron chi connectivity index (χ3n) is 2.55. The van der Waals surface area contributed by atoms with Crippen LogP contribution in [0.3, 0.4) is 0 Å². The molecule has 0 spiro atoms. The third kappa shape index (κ3) is 3.87. The fraction of sp³-hybridized carbons (Fsp3) is 0.267. The van der Waals surface area contributed by atoms with Crippen LogP contribution in [0.2, 0.25) is 0 Å². The van der Waals surface area contributed by atoms with E-state index < -0.39 is 0 Å². The van der Waals surface area contributed by atoms with Crippen molar-refractivity contribution in [2.45, 2.75) is 13.8 Å². The van der Waals surface area contributed by atoms with Gasteiger partial charge in [-0.1, -0.05) is 0 Å². The van der Waals surface area contributed by atoms with Crippen molar-refractivity contribution in [1.82, 2.24) is 4.98 Å². The number of halogens is 1. The van der Waals surface area contributed by atoms with Gasteiger partial charge in [0.1, 0.15) is 11.5 Å². The number of nitrogens with zero attached hydrogens (tertiary/aromatic N) is 1. The lowest BCUT2D eigenvalue weighted by molar-refractivity contribution is 0.332. The van der Waals surface area contributed by atoms with E-state index in [1.807, 2.05) is 38.1 Å². The standard InChI is InChI=1S/C15H17BrN2O2/c1-3-19-13-5-6-15(20-4-2)14(8-13)18-12-7-11(16)9-17-10-12/h5-10,18H,3-4H2,1-2H3. The predicted octanol–water partition coefficient (Wildman–Crippen LogP) is 4.39. The summed E-state index contributed by atoms with van der Waals surface area (Å²) in [7, 11) is 0. The van der Waals surface area contributed by atoms with Crippen LogP contribution >= 0.6 is 15.9 Å². The number of nitrogens with one attached hydrogen (secondary N) is 1. The molecule has 5 heteroatoms. The quantitative estimate of drug-likeness (QED) is 0.849. The summed E-state index contributed by atoms with van der Waals surface area (Å²) in [4.78, 5) is 4.13. The number of pyridine rings is 1. The SMILES string of the molecule is CCOc1ccc(OCC)c(Nc2cncc(Br)c2)c1. The Balaban J connectivity index is 2.29. The van der Waals surface area contributed by atoms with Gasteiger partial charge in [0.05, 0.1) is 30.8 Å². The first-order valence-electron chi connectivity index (χ1n) is 6.50. The normalized spacial score (nSPS) is 10.2. The molecule has 0 aliphatic heterocycles. The van der Waals surface area contributed by atoms with Gasteiger partial charge in [-0.15, -0.1) is 0 Å². The van der Waals surface area contributed by atoms with Crippen LogP contribution in [0.15, 0.2) is 41.1 Å². The van der Waals surface area contributed by atoms with Crippen molar-refractivity contribution in [3.63, 3.8) is 0 Å². The number of hydrogen-bond donors (Lipinski definition) is 1. The van der Waals surface area contributed by atoms with E-state index in [-0.39, 0.29) is 0 Å². The Morgan fingerprint density at radius 2 is 1.90 bits per heavy atom. The van der Waals surface area contributed by atoms with Gasteiger partial charge < -0.3 is 14.8 Å². The highest BCUT2D eigenvalue weighted by Crippen LogP contribution is 2.32. The molecule has 0 atom stereocenters. The minimum atomic E-state index is 0.611. The summed E-state index contributed by atoms with van der Waals surface area (Å²) in [6.45, 7) is 5.16. The van der Waals surface area contributed by atoms with Crippen molar-refractivity contribution in [3.05, 3.63) is 41.1 Å². The summed E-state index contributed by atoms with van der Waals surface area (Å²) in [5.41, 5.74) is 1.74. The molecule has 0 amide bonds. The fourth-order valence-corrected chi connectivity index (χ4v) is 2.15. The summed E-state index contributed by atoms with van der Waals surface area (Å²) >= 11 is 3.41. The van der Waals surface area contributed by atoms with Gasteiger partial charge in [-0.05, 0) is 48.0 Å². The van der Waals surface area contributed by atoms with Gasteiger partial charge in [0.2, 0.25) is 0 Å². The molecule has 1 aromatic heterocycles. The van der Waals surface area contributed by atoms with Gasteiger partial charge in [-0.25, -0.2) is 0 Å². The van der Waals surface area contributed by atoms with Gasteiger partial charge in [0.15, 0.2) is 0 Å². The zero-order valence-electron chi connectivity index (χ0n) is 11.5. The number of ether oxygens (including phenoxy) is 2. The van der Waals surface area contributed by atoms with Gasteiger partial charge in [0.25, 0.3) is 0 Å². The first-order valence-corrected chi connectivity index (χ1v) is 7.29. The Kier molecular flexibility index (Phi) is 5.24. The molecule has 2 rings (SSSR count). The maximum Gasteiger partial charge on any atom is 0.142 e. The molecule has 106 valence electrons. The van der Waals surface area contributed by atoms with Crippen molar-refractivity contribution in [2.24, 2.45) is 0 Å². The van der Waals surface area contributed by atoms with Crippen LogP contribution in [0.5, 0.6) is 11.5 Å². The summed E-state index contributed by atoms with van der Waals surface area (Å²) in [6, 6.07) is 7.69. The fourth-order valence-electron chi connectivity index (χ4n) is 1.78. The number of rotatable bonds is 6. The predicted molar refractivity (Wildman–Crippen MR) is 84.0 cm³/mol. The number of aromatic nitrogens is 1. The minimum Gasteiger partial charge on any atom is -0.494 e. The molecular formula is C15H17BrN2O2. The molecule has 1 N–H and O–H groups in total. The smallest absolute Gasteiger partial charge is 0.142 e. The van der Waals surface area contributed by atoms with E-state index in [9.17, 15) is 0 Å². The van der Waals surface area contributed by atoms with Gasteiger partial charge in [-0.2, -0.15) is 0 Å². The first-order chi connectivity index (χ1) is 9.72. The van der Waals surface area contributed by atoms with Crippen LogP contribution < -0.4 is 14.8 Å². The van der Waals surface area contributed by atoms with E-state index in [1.54, 1.807) is 12.4 Å². The summed E-state index contributed by atoms with van der Waals surface area (Å²) in [5, 5.41) is 3.30. The molecule has 0 saturated heterocycles. The lowest BCUT2D eigenvalue weighted by Gasteiger charge is -2.14. The highest BCUT2D eigenvalue weighted by atomic mass is 79.9. The van der Waals surface area contributed by atoms with E-state index >= 15 is 0 Å². The highest BCUT2D eigenvalue weighted by molar-refractivity contribution is 9.10. The van der Waals surface area contributed by atoms with E-state index in [2.05, 4.69) is 26.2 Å². The molecule has 2 aromatic rings. The molecule has 0 radical (unpaired) electrons. The highest BCUT2D eigenvalue weighted by Gasteiger charge is 2.07. The van der Waals surface area contributed by atoms with Crippen LogP contribution in [-0.2, 0) is 0 Å². The topological polar surface area (TPSA) is 43.4 Å². The molecule has 1 aromatic carbocycles. The second-order valence-corrected chi connectivity index (χ2v) is 4.96. The Hall–Kier alpha value is -1.75. The van der Waals surface area contributed by atoms with E-state index in [0.29, 0.717) is 13.2 Å². The van der Waals surface area contributed by atoms with Gasteiger partial charge in [-0.3, -0.25) is 4.98 Å². The average molecular weight is 337 g/mol. The van der Waals surface area contributed by atoms with Crippen LogP contribution in [0, 0.1) is 0 Å². The minimum absolute atomic E-state index is 0.611. The lowest BCUT2D eigenvalue weighted by atomic mass is 10.2. The third-order valence-corrected chi connectivity index (χ3v) is 2.98. The Morgan fingerprint density at radius 3 is 2.60 bits per heavy atom. The summed E-state index contributed by atoms with van der Waals surface area (Å²) < 4.78 is 12.1. The van der Waals surface area contributed by atoms with Crippen molar-refractivity contribution >= 4 is 27.3 Å². The van der Waals surface area contributed by atoms with Crippen LogP contribution in [-0.4, -0.2) is 18.2 Å². The first kappa shape index (κ1) is 14.7. The van der Waals surface area contributed by atoms with Crippen LogP contribution in [0.25, 0.3) is 0 Å². The lowest BCUT2D eigenvalue weighted by Crippen LogP contribution is -1.99. The number of anilines is 2. The van der Waals surface area contributed by atoms with Gasteiger partial charge >= 0.3 is 0 Å². The zero-order valence-corrected chi connectivity index (χ0v) is 13.1. The molecule has 4 nitrogen and oxygen atoms in total. The van der Waals surface area contributed by atoms with Crippen molar-refractivity contribution in [2.75, 3.05) is 18.5 Å². The monoisotopic (exact) mass is 336 g/mol. The Morgan fingerprint density at radius 1 is 1.10 bits per heavy atom. The largest absolute Gasteiger partial charge is 0.494 e. The van der Waals surface area contributed by atoms with Crippen LogP contribution in [0.4, 0.5) is 11.4 Å². The molecule has 0 bridgehead atoms. The molecule has 0 unspecified atom stereocenters.